The summed E-state index contributed by atoms with van der Waals surface area (Å²) in [5.74, 6) is -1.19. The fraction of sp³-hybridized carbons (Fsp3) is 0.222. The van der Waals surface area contributed by atoms with Crippen LogP contribution in [0.1, 0.15) is 10.4 Å². The van der Waals surface area contributed by atoms with Crippen molar-refractivity contribution in [1.82, 2.24) is 0 Å². The third-order valence-electron chi connectivity index (χ3n) is 3.69. The minimum Gasteiger partial charge on any atom is -0.465 e. The van der Waals surface area contributed by atoms with E-state index >= 15 is 0 Å². The molecule has 0 fully saturated rings. The van der Waals surface area contributed by atoms with E-state index in [9.17, 15) is 18.0 Å². The molecule has 0 spiro atoms. The smallest absolute Gasteiger partial charge is 0.337 e. The molecule has 0 aliphatic carbocycles. The number of esters is 1. The molecule has 0 saturated heterocycles. The average Bonchev–Trinajstić information content (AvgIpc) is 2.66. The van der Waals surface area contributed by atoms with Gasteiger partial charge in [-0.2, -0.15) is 0 Å². The molecule has 150 valence electrons. The molecule has 0 aromatic heterocycles. The summed E-state index contributed by atoms with van der Waals surface area (Å²) in [6.45, 7) is -0.449. The quantitative estimate of drug-likeness (QED) is 0.522. The van der Waals surface area contributed by atoms with Gasteiger partial charge in [0.05, 0.1) is 35.3 Å². The van der Waals surface area contributed by atoms with E-state index < -0.39 is 28.4 Å². The van der Waals surface area contributed by atoms with Crippen LogP contribution in [0.15, 0.2) is 47.4 Å². The van der Waals surface area contributed by atoms with E-state index in [2.05, 4.69) is 10.1 Å². The Morgan fingerprint density at radius 3 is 2.54 bits per heavy atom. The van der Waals surface area contributed by atoms with Crippen molar-refractivity contribution in [2.75, 3.05) is 35.8 Å². The van der Waals surface area contributed by atoms with Gasteiger partial charge in [0.15, 0.2) is 0 Å². The number of amides is 1. The lowest BCUT2D eigenvalue weighted by atomic mass is 10.2. The van der Waals surface area contributed by atoms with Crippen LogP contribution >= 0.6 is 23.4 Å². The van der Waals surface area contributed by atoms with E-state index in [1.165, 1.54) is 37.1 Å². The van der Waals surface area contributed by atoms with Crippen LogP contribution < -0.4 is 9.62 Å². The number of nitrogens with zero attached hydrogens (tertiary/aromatic N) is 1. The molecule has 0 saturated carbocycles. The highest BCUT2D eigenvalue weighted by molar-refractivity contribution is 7.98. The number of anilines is 2. The van der Waals surface area contributed by atoms with Crippen LogP contribution in [0, 0.1) is 0 Å². The van der Waals surface area contributed by atoms with Gasteiger partial charge in [0.1, 0.15) is 6.54 Å². The van der Waals surface area contributed by atoms with Crippen molar-refractivity contribution in [3.63, 3.8) is 0 Å². The molecule has 0 heterocycles. The molecule has 0 aliphatic heterocycles. The maximum absolute atomic E-state index is 12.5. The first kappa shape index (κ1) is 22.1. The molecule has 2 aromatic rings. The van der Waals surface area contributed by atoms with Gasteiger partial charge in [-0.1, -0.05) is 17.7 Å². The summed E-state index contributed by atoms with van der Waals surface area (Å²) >= 11 is 7.53. The molecule has 0 radical (unpaired) electrons. The Bertz CT molecular complexity index is 995. The summed E-state index contributed by atoms with van der Waals surface area (Å²) in [4.78, 5) is 25.0. The molecule has 0 atom stereocenters. The van der Waals surface area contributed by atoms with Crippen molar-refractivity contribution in [1.29, 1.82) is 0 Å². The number of hydrogen-bond acceptors (Lipinski definition) is 6. The second-order valence-electron chi connectivity index (χ2n) is 5.71. The molecule has 0 unspecified atom stereocenters. The number of halogens is 1. The number of nitrogens with one attached hydrogen (secondary N) is 1. The predicted molar refractivity (Wildman–Crippen MR) is 112 cm³/mol. The fourth-order valence-electron chi connectivity index (χ4n) is 2.35. The Morgan fingerprint density at radius 2 is 1.93 bits per heavy atom. The first-order chi connectivity index (χ1) is 13.2. The van der Waals surface area contributed by atoms with Gasteiger partial charge in [0.25, 0.3) is 0 Å². The molecule has 28 heavy (non-hydrogen) atoms. The lowest BCUT2D eigenvalue weighted by molar-refractivity contribution is -0.114. The molecule has 7 nitrogen and oxygen atoms in total. The lowest BCUT2D eigenvalue weighted by Crippen LogP contribution is -2.37. The van der Waals surface area contributed by atoms with Crippen molar-refractivity contribution in [2.45, 2.75) is 4.90 Å². The zero-order chi connectivity index (χ0) is 20.9. The summed E-state index contributed by atoms with van der Waals surface area (Å²) in [6, 6.07) is 11.1. The van der Waals surface area contributed by atoms with Crippen LogP contribution in [0.2, 0.25) is 5.02 Å². The number of hydrogen-bond donors (Lipinski definition) is 1. The standard InChI is InChI=1S/C18H19ClN2O5S2/c1-26-18(23)12-7-8-15(19)16(9-12)20-17(22)11-21(28(3,24)25)13-5-4-6-14(10-13)27-2/h4-10H,11H2,1-3H3,(H,20,22). The van der Waals surface area contributed by atoms with Crippen LogP contribution in [0.4, 0.5) is 11.4 Å². The minimum atomic E-state index is -3.71. The molecular formula is C18H19ClN2O5S2. The number of methoxy groups -OCH3 is 1. The Morgan fingerprint density at radius 1 is 1.21 bits per heavy atom. The molecular weight excluding hydrogens is 424 g/mol. The predicted octanol–water partition coefficient (Wildman–Crippen LogP) is 3.25. The van der Waals surface area contributed by atoms with Gasteiger partial charge >= 0.3 is 5.97 Å². The third kappa shape index (κ3) is 5.63. The SMILES string of the molecule is COC(=O)c1ccc(Cl)c(NC(=O)CN(c2cccc(SC)c2)S(C)(=O)=O)c1. The molecule has 1 amide bonds. The second-order valence-corrected chi connectivity index (χ2v) is 8.90. The molecule has 10 heteroatoms. The summed E-state index contributed by atoms with van der Waals surface area (Å²) in [7, 11) is -2.47. The number of carbonyl (C=O) groups is 2. The molecule has 2 aromatic carbocycles. The van der Waals surface area contributed by atoms with E-state index in [4.69, 9.17) is 11.6 Å². The first-order valence-electron chi connectivity index (χ1n) is 7.95. The first-order valence-corrected chi connectivity index (χ1v) is 11.4. The van der Waals surface area contributed by atoms with Gasteiger partial charge in [-0.3, -0.25) is 9.10 Å². The zero-order valence-electron chi connectivity index (χ0n) is 15.4. The summed E-state index contributed by atoms with van der Waals surface area (Å²) in [5, 5.41) is 2.75. The normalized spacial score (nSPS) is 11.0. The highest BCUT2D eigenvalue weighted by atomic mass is 35.5. The Balaban J connectivity index is 2.27. The van der Waals surface area contributed by atoms with Crippen molar-refractivity contribution < 1.29 is 22.7 Å². The van der Waals surface area contributed by atoms with Crippen LogP contribution in [0.3, 0.4) is 0 Å². The minimum absolute atomic E-state index is 0.181. The summed E-state index contributed by atoms with van der Waals surface area (Å²) in [6.07, 6.45) is 2.89. The third-order valence-corrected chi connectivity index (χ3v) is 5.89. The average molecular weight is 443 g/mol. The largest absolute Gasteiger partial charge is 0.465 e. The highest BCUT2D eigenvalue weighted by Crippen LogP contribution is 2.26. The zero-order valence-corrected chi connectivity index (χ0v) is 17.8. The van der Waals surface area contributed by atoms with E-state index in [-0.39, 0.29) is 16.3 Å². The van der Waals surface area contributed by atoms with Crippen molar-refractivity contribution >= 4 is 56.6 Å². The monoisotopic (exact) mass is 442 g/mol. The van der Waals surface area contributed by atoms with Gasteiger partial charge in [0, 0.05) is 4.90 Å². The summed E-state index contributed by atoms with van der Waals surface area (Å²) in [5.41, 5.74) is 0.759. The maximum Gasteiger partial charge on any atom is 0.337 e. The Labute approximate surface area is 173 Å². The van der Waals surface area contributed by atoms with Gasteiger partial charge in [0.2, 0.25) is 15.9 Å². The van der Waals surface area contributed by atoms with Crippen molar-refractivity contribution in [2.24, 2.45) is 0 Å². The van der Waals surface area contributed by atoms with E-state index in [1.54, 1.807) is 18.2 Å². The topological polar surface area (TPSA) is 92.8 Å². The number of carbonyl (C=O) groups excluding carboxylic acids is 2. The number of sulfonamides is 1. The molecule has 0 aliphatic rings. The highest BCUT2D eigenvalue weighted by Gasteiger charge is 2.22. The van der Waals surface area contributed by atoms with Gasteiger partial charge in [-0.25, -0.2) is 13.2 Å². The number of thioether (sulfide) groups is 1. The number of ether oxygens (including phenoxy) is 1. The van der Waals surface area contributed by atoms with Gasteiger partial charge in [-0.05, 0) is 42.7 Å². The lowest BCUT2D eigenvalue weighted by Gasteiger charge is -2.22. The van der Waals surface area contributed by atoms with Crippen LogP contribution in [0.5, 0.6) is 0 Å². The van der Waals surface area contributed by atoms with Crippen LogP contribution in [-0.2, 0) is 19.6 Å². The fourth-order valence-corrected chi connectivity index (χ4v) is 3.82. The van der Waals surface area contributed by atoms with Crippen LogP contribution in [0.25, 0.3) is 0 Å². The van der Waals surface area contributed by atoms with Gasteiger partial charge < -0.3 is 10.1 Å². The molecule has 2 rings (SSSR count). The number of rotatable bonds is 7. The number of benzene rings is 2. The van der Waals surface area contributed by atoms with E-state index in [0.29, 0.717) is 5.69 Å². The van der Waals surface area contributed by atoms with Crippen LogP contribution in [-0.4, -0.2) is 46.5 Å². The Kier molecular flexibility index (Phi) is 7.34. The van der Waals surface area contributed by atoms with Crippen molar-refractivity contribution in [3.05, 3.63) is 53.1 Å². The summed E-state index contributed by atoms with van der Waals surface area (Å²) < 4.78 is 30.1. The van der Waals surface area contributed by atoms with Gasteiger partial charge in [-0.15, -0.1) is 11.8 Å². The molecule has 1 N–H and O–H groups in total. The maximum atomic E-state index is 12.5. The van der Waals surface area contributed by atoms with E-state index in [1.807, 2.05) is 12.3 Å². The molecule has 0 bridgehead atoms. The van der Waals surface area contributed by atoms with Crippen molar-refractivity contribution in [3.8, 4) is 0 Å². The van der Waals surface area contributed by atoms with E-state index in [0.717, 1.165) is 15.5 Å². The second kappa shape index (κ2) is 9.31. The Hall–Kier alpha value is -2.23.